The Morgan fingerprint density at radius 1 is 1.12 bits per heavy atom. The summed E-state index contributed by atoms with van der Waals surface area (Å²) in [4.78, 5) is 13.8. The van der Waals surface area contributed by atoms with Gasteiger partial charge in [-0.1, -0.05) is 48.9 Å². The molecule has 2 aromatic carbocycles. The van der Waals surface area contributed by atoms with Crippen LogP contribution in [0, 0.1) is 6.92 Å². The Bertz CT molecular complexity index is 650. The highest BCUT2D eigenvalue weighted by molar-refractivity contribution is 5.93. The van der Waals surface area contributed by atoms with Gasteiger partial charge in [0.05, 0.1) is 6.10 Å². The molecule has 4 heteroatoms. The van der Waals surface area contributed by atoms with E-state index in [9.17, 15) is 9.90 Å². The van der Waals surface area contributed by atoms with Crippen molar-refractivity contribution in [2.45, 2.75) is 26.5 Å². The summed E-state index contributed by atoms with van der Waals surface area (Å²) in [7, 11) is 1.63. The molecule has 0 saturated heterocycles. The zero-order valence-corrected chi connectivity index (χ0v) is 14.6. The molecular formula is C20H26N2O2. The van der Waals surface area contributed by atoms with Gasteiger partial charge in [-0.15, -0.1) is 0 Å². The van der Waals surface area contributed by atoms with Gasteiger partial charge in [0.15, 0.2) is 0 Å². The van der Waals surface area contributed by atoms with Crippen molar-refractivity contribution in [1.29, 1.82) is 0 Å². The molecule has 1 atom stereocenters. The molecule has 2 rings (SSSR count). The maximum atomic E-state index is 11.6. The van der Waals surface area contributed by atoms with Gasteiger partial charge in [0, 0.05) is 25.7 Å². The molecule has 1 unspecified atom stereocenters. The Kier molecular flexibility index (Phi) is 6.53. The number of carbonyl (C=O) groups is 1. The molecule has 0 aliphatic carbocycles. The van der Waals surface area contributed by atoms with Crippen LogP contribution >= 0.6 is 0 Å². The quantitative estimate of drug-likeness (QED) is 0.822. The lowest BCUT2D eigenvalue weighted by Gasteiger charge is -2.24. The van der Waals surface area contributed by atoms with Crippen LogP contribution in [0.5, 0.6) is 0 Å². The molecule has 128 valence electrons. The molecule has 2 aromatic rings. The summed E-state index contributed by atoms with van der Waals surface area (Å²) in [6.45, 7) is 6.29. The zero-order chi connectivity index (χ0) is 17.5. The first kappa shape index (κ1) is 18.2. The van der Waals surface area contributed by atoms with E-state index in [2.05, 4.69) is 17.1 Å². The standard InChI is InChI=1S/C20H26N2O2/c1-4-22(14-19(23)17-9-5-15(2)6-10-17)13-16-7-11-18(12-8-16)20(24)21-3/h5-12,19,23H,4,13-14H2,1-3H3,(H,21,24). The number of nitrogens with one attached hydrogen (secondary N) is 1. The Morgan fingerprint density at radius 2 is 1.75 bits per heavy atom. The lowest BCUT2D eigenvalue weighted by Crippen LogP contribution is -2.28. The molecule has 0 bridgehead atoms. The van der Waals surface area contributed by atoms with E-state index in [1.165, 1.54) is 5.56 Å². The molecule has 24 heavy (non-hydrogen) atoms. The highest BCUT2D eigenvalue weighted by Gasteiger charge is 2.13. The summed E-state index contributed by atoms with van der Waals surface area (Å²) in [5.41, 5.74) is 3.91. The monoisotopic (exact) mass is 326 g/mol. The second kappa shape index (κ2) is 8.62. The number of likely N-dealkylation sites (N-methyl/N-ethyl adjacent to an activating group) is 1. The van der Waals surface area contributed by atoms with Gasteiger partial charge in [-0.05, 0) is 36.7 Å². The highest BCUT2D eigenvalue weighted by atomic mass is 16.3. The third-order valence-corrected chi connectivity index (χ3v) is 4.19. The maximum Gasteiger partial charge on any atom is 0.251 e. The molecule has 0 aromatic heterocycles. The van der Waals surface area contributed by atoms with E-state index in [0.29, 0.717) is 12.1 Å². The predicted molar refractivity (Wildman–Crippen MR) is 96.9 cm³/mol. The van der Waals surface area contributed by atoms with Gasteiger partial charge < -0.3 is 10.4 Å². The van der Waals surface area contributed by atoms with Gasteiger partial charge in [-0.25, -0.2) is 0 Å². The molecule has 1 amide bonds. The molecular weight excluding hydrogens is 300 g/mol. The van der Waals surface area contributed by atoms with Crippen molar-refractivity contribution >= 4 is 5.91 Å². The number of hydrogen-bond acceptors (Lipinski definition) is 3. The number of rotatable bonds is 7. The van der Waals surface area contributed by atoms with Crippen LogP contribution in [0.3, 0.4) is 0 Å². The highest BCUT2D eigenvalue weighted by Crippen LogP contribution is 2.17. The molecule has 2 N–H and O–H groups in total. The minimum absolute atomic E-state index is 0.0799. The van der Waals surface area contributed by atoms with Gasteiger partial charge in [-0.3, -0.25) is 9.69 Å². The predicted octanol–water partition coefficient (Wildman–Crippen LogP) is 2.91. The molecule has 0 aliphatic rings. The average molecular weight is 326 g/mol. The van der Waals surface area contributed by atoms with Crippen LogP contribution < -0.4 is 5.32 Å². The summed E-state index contributed by atoms with van der Waals surface area (Å²) in [6, 6.07) is 15.6. The lowest BCUT2D eigenvalue weighted by atomic mass is 10.1. The number of hydrogen-bond donors (Lipinski definition) is 2. The van der Waals surface area contributed by atoms with Crippen molar-refractivity contribution in [1.82, 2.24) is 10.2 Å². The summed E-state index contributed by atoms with van der Waals surface area (Å²) in [6.07, 6.45) is -0.504. The molecule has 0 spiro atoms. The number of aliphatic hydroxyl groups is 1. The van der Waals surface area contributed by atoms with Crippen molar-refractivity contribution in [3.63, 3.8) is 0 Å². The maximum absolute atomic E-state index is 11.6. The van der Waals surface area contributed by atoms with Crippen LogP contribution in [0.1, 0.15) is 40.1 Å². The van der Waals surface area contributed by atoms with Crippen molar-refractivity contribution in [3.05, 3.63) is 70.8 Å². The van der Waals surface area contributed by atoms with Crippen LogP contribution in [0.4, 0.5) is 0 Å². The van der Waals surface area contributed by atoms with Gasteiger partial charge in [-0.2, -0.15) is 0 Å². The normalized spacial score (nSPS) is 12.2. The fourth-order valence-corrected chi connectivity index (χ4v) is 2.61. The van der Waals surface area contributed by atoms with Crippen LogP contribution in [0.25, 0.3) is 0 Å². The van der Waals surface area contributed by atoms with Gasteiger partial charge >= 0.3 is 0 Å². The van der Waals surface area contributed by atoms with E-state index in [-0.39, 0.29) is 5.91 Å². The third kappa shape index (κ3) is 4.91. The van der Waals surface area contributed by atoms with E-state index < -0.39 is 6.10 Å². The van der Waals surface area contributed by atoms with Crippen LogP contribution in [0.2, 0.25) is 0 Å². The average Bonchev–Trinajstić information content (AvgIpc) is 2.61. The van der Waals surface area contributed by atoms with Crippen LogP contribution in [-0.4, -0.2) is 36.1 Å². The summed E-state index contributed by atoms with van der Waals surface area (Å²) in [5, 5.41) is 13.1. The molecule has 0 saturated carbocycles. The first-order valence-electron chi connectivity index (χ1n) is 8.31. The fraction of sp³-hybridized carbons (Fsp3) is 0.350. The van der Waals surface area contributed by atoms with Crippen LogP contribution in [0.15, 0.2) is 48.5 Å². The van der Waals surface area contributed by atoms with E-state index in [0.717, 1.165) is 24.2 Å². The van der Waals surface area contributed by atoms with E-state index in [1.54, 1.807) is 7.05 Å². The summed E-state index contributed by atoms with van der Waals surface area (Å²) >= 11 is 0. The minimum atomic E-state index is -0.504. The number of aryl methyl sites for hydroxylation is 1. The first-order valence-corrected chi connectivity index (χ1v) is 8.31. The van der Waals surface area contributed by atoms with Gasteiger partial charge in [0.2, 0.25) is 0 Å². The van der Waals surface area contributed by atoms with Gasteiger partial charge in [0.25, 0.3) is 5.91 Å². The lowest BCUT2D eigenvalue weighted by molar-refractivity contribution is 0.0963. The van der Waals surface area contributed by atoms with E-state index in [4.69, 9.17) is 0 Å². The Hall–Kier alpha value is -2.17. The Labute approximate surface area is 144 Å². The van der Waals surface area contributed by atoms with Gasteiger partial charge in [0.1, 0.15) is 0 Å². The second-order valence-corrected chi connectivity index (χ2v) is 6.03. The Morgan fingerprint density at radius 3 is 2.29 bits per heavy atom. The molecule has 0 radical (unpaired) electrons. The number of amides is 1. The summed E-state index contributed by atoms with van der Waals surface area (Å²) in [5.74, 6) is -0.0799. The largest absolute Gasteiger partial charge is 0.387 e. The zero-order valence-electron chi connectivity index (χ0n) is 14.6. The van der Waals surface area contributed by atoms with Crippen molar-refractivity contribution < 1.29 is 9.90 Å². The smallest absolute Gasteiger partial charge is 0.251 e. The Balaban J connectivity index is 1.98. The number of nitrogens with zero attached hydrogens (tertiary/aromatic N) is 1. The first-order chi connectivity index (χ1) is 11.5. The molecule has 4 nitrogen and oxygen atoms in total. The molecule has 0 fully saturated rings. The van der Waals surface area contributed by atoms with E-state index >= 15 is 0 Å². The van der Waals surface area contributed by atoms with Crippen molar-refractivity contribution in [2.24, 2.45) is 0 Å². The minimum Gasteiger partial charge on any atom is -0.387 e. The number of aliphatic hydroxyl groups excluding tert-OH is 1. The number of benzene rings is 2. The molecule has 0 aliphatic heterocycles. The second-order valence-electron chi connectivity index (χ2n) is 6.03. The fourth-order valence-electron chi connectivity index (χ4n) is 2.61. The summed E-state index contributed by atoms with van der Waals surface area (Å²) < 4.78 is 0. The molecule has 0 heterocycles. The van der Waals surface area contributed by atoms with E-state index in [1.807, 2.05) is 55.5 Å². The SMILES string of the molecule is CCN(Cc1ccc(C(=O)NC)cc1)CC(O)c1ccc(C)cc1. The van der Waals surface area contributed by atoms with Crippen molar-refractivity contribution in [2.75, 3.05) is 20.1 Å². The van der Waals surface area contributed by atoms with Crippen LogP contribution in [-0.2, 0) is 6.54 Å². The topological polar surface area (TPSA) is 52.6 Å². The van der Waals surface area contributed by atoms with Crippen molar-refractivity contribution in [3.8, 4) is 0 Å². The third-order valence-electron chi connectivity index (χ3n) is 4.19. The number of carbonyl (C=O) groups excluding carboxylic acids is 1.